The summed E-state index contributed by atoms with van der Waals surface area (Å²) in [5, 5.41) is 5.01. The molecule has 1 aromatic carbocycles. The topological polar surface area (TPSA) is 102 Å². The van der Waals surface area contributed by atoms with Gasteiger partial charge >= 0.3 is 6.03 Å². The second kappa shape index (κ2) is 9.86. The monoisotopic (exact) mass is 456 g/mol. The number of thioether (sulfide) groups is 1. The van der Waals surface area contributed by atoms with Gasteiger partial charge in [0.2, 0.25) is 5.91 Å². The number of halogens is 1. The lowest BCUT2D eigenvalue weighted by Crippen LogP contribution is -2.42. The molecule has 0 saturated heterocycles. The van der Waals surface area contributed by atoms with Gasteiger partial charge in [0.05, 0.1) is 29.3 Å². The summed E-state index contributed by atoms with van der Waals surface area (Å²) < 4.78 is 7.35. The zero-order valence-corrected chi connectivity index (χ0v) is 17.6. The van der Waals surface area contributed by atoms with Crippen LogP contribution in [0.5, 0.6) is 0 Å². The van der Waals surface area contributed by atoms with E-state index in [1.165, 1.54) is 4.57 Å². The van der Waals surface area contributed by atoms with Crippen LogP contribution in [0.2, 0.25) is 0 Å². The summed E-state index contributed by atoms with van der Waals surface area (Å²) in [6.07, 6.45) is 0. The molecule has 0 aliphatic rings. The molecule has 27 heavy (non-hydrogen) atoms. The van der Waals surface area contributed by atoms with E-state index in [0.717, 1.165) is 16.2 Å². The van der Waals surface area contributed by atoms with E-state index in [4.69, 9.17) is 4.74 Å². The van der Waals surface area contributed by atoms with Crippen LogP contribution in [0.25, 0.3) is 10.9 Å². The molecular formula is C17H21BrN4O4S. The number of hydrogen-bond acceptors (Lipinski definition) is 6. The average Bonchev–Trinajstić information content (AvgIpc) is 2.62. The van der Waals surface area contributed by atoms with E-state index in [-0.39, 0.29) is 5.56 Å². The van der Waals surface area contributed by atoms with Crippen LogP contribution in [0, 0.1) is 0 Å². The van der Waals surface area contributed by atoms with Gasteiger partial charge in [0, 0.05) is 18.1 Å². The second-order valence-electron chi connectivity index (χ2n) is 5.61. The summed E-state index contributed by atoms with van der Waals surface area (Å²) in [6, 6.07) is 4.70. The molecule has 2 N–H and O–H groups in total. The maximum atomic E-state index is 12.9. The molecule has 10 heteroatoms. The Labute approximate surface area is 169 Å². The Morgan fingerprint density at radius 1 is 1.41 bits per heavy atom. The minimum Gasteiger partial charge on any atom is -0.383 e. The quantitative estimate of drug-likeness (QED) is 0.488. The van der Waals surface area contributed by atoms with E-state index in [1.54, 1.807) is 39.2 Å². The van der Waals surface area contributed by atoms with Crippen molar-refractivity contribution in [3.63, 3.8) is 0 Å². The number of imide groups is 1. The van der Waals surface area contributed by atoms with Crippen molar-refractivity contribution in [2.45, 2.75) is 30.8 Å². The van der Waals surface area contributed by atoms with Crippen molar-refractivity contribution in [2.24, 2.45) is 0 Å². The van der Waals surface area contributed by atoms with Gasteiger partial charge in [-0.25, -0.2) is 9.78 Å². The van der Waals surface area contributed by atoms with Crippen LogP contribution in [-0.4, -0.2) is 47.0 Å². The number of methoxy groups -OCH3 is 1. The van der Waals surface area contributed by atoms with Gasteiger partial charge in [0.25, 0.3) is 5.56 Å². The van der Waals surface area contributed by atoms with Crippen molar-refractivity contribution in [1.82, 2.24) is 20.2 Å². The van der Waals surface area contributed by atoms with Crippen molar-refractivity contribution >= 4 is 50.5 Å². The van der Waals surface area contributed by atoms with E-state index in [2.05, 4.69) is 31.5 Å². The van der Waals surface area contributed by atoms with Crippen molar-refractivity contribution < 1.29 is 14.3 Å². The molecule has 0 aliphatic carbocycles. The first-order valence-electron chi connectivity index (χ1n) is 8.31. The first-order chi connectivity index (χ1) is 12.9. The van der Waals surface area contributed by atoms with Gasteiger partial charge in [-0.05, 0) is 32.0 Å². The van der Waals surface area contributed by atoms with Crippen LogP contribution in [0.3, 0.4) is 0 Å². The summed E-state index contributed by atoms with van der Waals surface area (Å²) >= 11 is 4.48. The van der Waals surface area contributed by atoms with Crippen LogP contribution in [-0.2, 0) is 16.1 Å². The molecule has 0 saturated carbocycles. The number of carbonyl (C=O) groups excluding carboxylic acids is 2. The lowest BCUT2D eigenvalue weighted by Gasteiger charge is -2.16. The molecular weight excluding hydrogens is 436 g/mol. The van der Waals surface area contributed by atoms with Gasteiger partial charge in [0.1, 0.15) is 0 Å². The highest BCUT2D eigenvalue weighted by Gasteiger charge is 2.21. The maximum Gasteiger partial charge on any atom is 0.321 e. The number of nitrogens with one attached hydrogen (secondary N) is 2. The molecule has 8 nitrogen and oxygen atoms in total. The summed E-state index contributed by atoms with van der Waals surface area (Å²) in [5.74, 6) is -0.464. The summed E-state index contributed by atoms with van der Waals surface area (Å²) in [6.45, 7) is 4.46. The molecule has 0 spiro atoms. The van der Waals surface area contributed by atoms with Crippen LogP contribution in [0.15, 0.2) is 32.6 Å². The summed E-state index contributed by atoms with van der Waals surface area (Å²) in [4.78, 5) is 41.2. The molecule has 1 atom stereocenters. The Bertz CT molecular complexity index is 902. The van der Waals surface area contributed by atoms with E-state index in [0.29, 0.717) is 35.8 Å². The molecule has 0 fully saturated rings. The van der Waals surface area contributed by atoms with Gasteiger partial charge in [0.15, 0.2) is 5.16 Å². The predicted octanol–water partition coefficient (Wildman–Crippen LogP) is 2.13. The SMILES string of the molecule is CCNC(=O)NC(=O)C(C)Sc1nc2ccc(Br)cc2c(=O)n1CCOC. The molecule has 1 unspecified atom stereocenters. The van der Waals surface area contributed by atoms with Crippen molar-refractivity contribution in [1.29, 1.82) is 0 Å². The summed E-state index contributed by atoms with van der Waals surface area (Å²) in [7, 11) is 1.55. The van der Waals surface area contributed by atoms with Gasteiger partial charge < -0.3 is 10.1 Å². The van der Waals surface area contributed by atoms with Crippen molar-refractivity contribution in [2.75, 3.05) is 20.3 Å². The zero-order chi connectivity index (χ0) is 20.0. The highest BCUT2D eigenvalue weighted by Crippen LogP contribution is 2.24. The average molecular weight is 457 g/mol. The number of benzene rings is 1. The first kappa shape index (κ1) is 21.4. The number of urea groups is 1. The highest BCUT2D eigenvalue weighted by molar-refractivity contribution is 9.10. The van der Waals surface area contributed by atoms with Gasteiger partial charge in [-0.2, -0.15) is 0 Å². The number of rotatable bonds is 7. The lowest BCUT2D eigenvalue weighted by molar-refractivity contribution is -0.119. The predicted molar refractivity (Wildman–Crippen MR) is 108 cm³/mol. The fourth-order valence-electron chi connectivity index (χ4n) is 2.27. The third-order valence-electron chi connectivity index (χ3n) is 3.63. The van der Waals surface area contributed by atoms with E-state index in [1.807, 2.05) is 0 Å². The highest BCUT2D eigenvalue weighted by atomic mass is 79.9. The smallest absolute Gasteiger partial charge is 0.321 e. The van der Waals surface area contributed by atoms with Crippen LogP contribution in [0.1, 0.15) is 13.8 Å². The van der Waals surface area contributed by atoms with E-state index >= 15 is 0 Å². The number of ether oxygens (including phenoxy) is 1. The number of fused-ring (bicyclic) bond motifs is 1. The normalized spacial score (nSPS) is 12.0. The molecule has 0 bridgehead atoms. The minimum absolute atomic E-state index is 0.211. The number of aromatic nitrogens is 2. The second-order valence-corrected chi connectivity index (χ2v) is 7.84. The fourth-order valence-corrected chi connectivity index (χ4v) is 3.57. The van der Waals surface area contributed by atoms with Gasteiger partial charge in [-0.15, -0.1) is 0 Å². The fraction of sp³-hybridized carbons (Fsp3) is 0.412. The Morgan fingerprint density at radius 3 is 2.81 bits per heavy atom. The molecule has 146 valence electrons. The third-order valence-corrected chi connectivity index (χ3v) is 5.21. The van der Waals surface area contributed by atoms with E-state index in [9.17, 15) is 14.4 Å². The Hall–Kier alpha value is -1.91. The van der Waals surface area contributed by atoms with Gasteiger partial charge in [-0.1, -0.05) is 27.7 Å². The Kier molecular flexibility index (Phi) is 7.81. The molecule has 1 heterocycles. The molecule has 1 aromatic heterocycles. The molecule has 0 radical (unpaired) electrons. The van der Waals surface area contributed by atoms with Crippen molar-refractivity contribution in [3.05, 3.63) is 33.0 Å². The molecule has 3 amide bonds. The molecule has 2 rings (SSSR count). The zero-order valence-electron chi connectivity index (χ0n) is 15.2. The summed E-state index contributed by atoms with van der Waals surface area (Å²) in [5.41, 5.74) is 0.327. The minimum atomic E-state index is -0.624. The maximum absolute atomic E-state index is 12.9. The lowest BCUT2D eigenvalue weighted by atomic mass is 10.2. The van der Waals surface area contributed by atoms with Gasteiger partial charge in [-0.3, -0.25) is 19.5 Å². The number of hydrogen-bond donors (Lipinski definition) is 2. The van der Waals surface area contributed by atoms with Crippen LogP contribution in [0.4, 0.5) is 4.79 Å². The molecule has 2 aromatic rings. The van der Waals surface area contributed by atoms with Crippen molar-refractivity contribution in [3.8, 4) is 0 Å². The Balaban J connectivity index is 2.35. The number of nitrogens with zero attached hydrogens (tertiary/aromatic N) is 2. The standard InChI is InChI=1S/C17H21BrN4O4S/c1-4-19-16(25)21-14(23)10(2)27-17-20-13-6-5-11(18)9-12(13)15(24)22(17)7-8-26-3/h5-6,9-10H,4,7-8H2,1-3H3,(H2,19,21,23,25). The number of carbonyl (C=O) groups is 2. The Morgan fingerprint density at radius 2 is 2.15 bits per heavy atom. The number of amides is 3. The van der Waals surface area contributed by atoms with E-state index < -0.39 is 17.2 Å². The van der Waals surface area contributed by atoms with Crippen LogP contribution >= 0.6 is 27.7 Å². The first-order valence-corrected chi connectivity index (χ1v) is 9.99. The largest absolute Gasteiger partial charge is 0.383 e. The van der Waals surface area contributed by atoms with Crippen LogP contribution < -0.4 is 16.2 Å². The molecule has 0 aliphatic heterocycles. The third kappa shape index (κ3) is 5.53.